The number of rotatable bonds is 4. The molecule has 2 rings (SSSR count). The first-order valence-electron chi connectivity index (χ1n) is 5.96. The van der Waals surface area contributed by atoms with E-state index >= 15 is 0 Å². The summed E-state index contributed by atoms with van der Waals surface area (Å²) in [4.78, 5) is 12.6. The van der Waals surface area contributed by atoms with Gasteiger partial charge in [0, 0.05) is 0 Å². The number of nitrogens with one attached hydrogen (secondary N) is 2. The highest BCUT2D eigenvalue weighted by Gasteiger charge is 2.42. The number of aromatic nitrogens is 4. The van der Waals surface area contributed by atoms with Crippen LogP contribution in [0.15, 0.2) is 0 Å². The monoisotopic (exact) mass is 268 g/mol. The number of carbonyl (C=O) groups is 1. The number of hydrogen-bond acceptors (Lipinski definition) is 5. The topological polar surface area (TPSA) is 110 Å². The average Bonchev–Trinajstić information content (AvgIpc) is 2.89. The van der Waals surface area contributed by atoms with Gasteiger partial charge in [-0.1, -0.05) is 36.7 Å². The molecule has 1 amide bonds. The second-order valence-corrected chi connectivity index (χ2v) is 4.96. The van der Waals surface area contributed by atoms with Gasteiger partial charge in [0.15, 0.2) is 5.82 Å². The lowest BCUT2D eigenvalue weighted by molar-refractivity contribution is -0.129. The van der Waals surface area contributed by atoms with Crippen molar-refractivity contribution in [3.05, 3.63) is 5.82 Å². The second kappa shape index (κ2) is 5.38. The lowest BCUT2D eigenvalue weighted by atomic mass is 9.73. The van der Waals surface area contributed by atoms with Crippen molar-refractivity contribution in [3.63, 3.8) is 0 Å². The van der Waals surface area contributed by atoms with Crippen LogP contribution < -0.4 is 11.1 Å². The Hall–Kier alpha value is -1.57. The summed E-state index contributed by atoms with van der Waals surface area (Å²) in [6, 6.07) is 0. The molecule has 1 aromatic heterocycles. The molecule has 1 aliphatic carbocycles. The van der Waals surface area contributed by atoms with Crippen LogP contribution in [0.4, 0.5) is 0 Å². The summed E-state index contributed by atoms with van der Waals surface area (Å²) in [7, 11) is 0. The highest BCUT2D eigenvalue weighted by molar-refractivity contribution is 7.80. The van der Waals surface area contributed by atoms with E-state index in [4.69, 9.17) is 18.0 Å². The summed E-state index contributed by atoms with van der Waals surface area (Å²) in [6.07, 6.45) is 4.53. The highest BCUT2D eigenvalue weighted by Crippen LogP contribution is 2.36. The molecule has 1 aliphatic rings. The van der Waals surface area contributed by atoms with Gasteiger partial charge in [0.2, 0.25) is 5.91 Å². The maximum atomic E-state index is 12.3. The summed E-state index contributed by atoms with van der Waals surface area (Å²) in [6.45, 7) is 0.236. The molecule has 98 valence electrons. The van der Waals surface area contributed by atoms with E-state index < -0.39 is 5.41 Å². The van der Waals surface area contributed by atoms with Crippen LogP contribution in [0.1, 0.15) is 37.9 Å². The minimum absolute atomic E-state index is 0.125. The third-order valence-corrected chi connectivity index (χ3v) is 3.80. The van der Waals surface area contributed by atoms with Crippen LogP contribution in [0.5, 0.6) is 0 Å². The molecule has 0 bridgehead atoms. The fourth-order valence-corrected chi connectivity index (χ4v) is 2.62. The summed E-state index contributed by atoms with van der Waals surface area (Å²) in [5.41, 5.74) is 5.08. The summed E-state index contributed by atoms with van der Waals surface area (Å²) in [5.74, 6) is 0.316. The molecule has 0 aromatic carbocycles. The third-order valence-electron chi connectivity index (χ3n) is 3.41. The molecule has 18 heavy (non-hydrogen) atoms. The van der Waals surface area contributed by atoms with Gasteiger partial charge in [-0.25, -0.2) is 0 Å². The van der Waals surface area contributed by atoms with E-state index in [0.717, 1.165) is 32.1 Å². The van der Waals surface area contributed by atoms with Crippen molar-refractivity contribution >= 4 is 23.1 Å². The minimum atomic E-state index is -0.697. The number of amides is 1. The molecule has 1 fully saturated rings. The van der Waals surface area contributed by atoms with Crippen molar-refractivity contribution < 1.29 is 4.79 Å². The van der Waals surface area contributed by atoms with Gasteiger partial charge >= 0.3 is 0 Å². The first kappa shape index (κ1) is 12.9. The fraction of sp³-hybridized carbons (Fsp3) is 0.700. The van der Waals surface area contributed by atoms with Gasteiger partial charge in [-0.2, -0.15) is 5.21 Å². The van der Waals surface area contributed by atoms with E-state index in [2.05, 4.69) is 25.9 Å². The molecule has 1 saturated carbocycles. The van der Waals surface area contributed by atoms with Crippen molar-refractivity contribution in [1.29, 1.82) is 0 Å². The van der Waals surface area contributed by atoms with Gasteiger partial charge in [0.1, 0.15) is 0 Å². The molecule has 4 N–H and O–H groups in total. The van der Waals surface area contributed by atoms with Crippen LogP contribution >= 0.6 is 12.2 Å². The molecular formula is C10H16N6OS. The Morgan fingerprint density at radius 3 is 2.72 bits per heavy atom. The normalized spacial score (nSPS) is 18.2. The van der Waals surface area contributed by atoms with Gasteiger partial charge in [-0.05, 0) is 12.8 Å². The fourth-order valence-electron chi connectivity index (χ4n) is 2.33. The van der Waals surface area contributed by atoms with E-state index in [9.17, 15) is 4.79 Å². The highest BCUT2D eigenvalue weighted by atomic mass is 32.1. The zero-order valence-electron chi connectivity index (χ0n) is 9.98. The molecule has 0 saturated heterocycles. The SMILES string of the molecule is NC(=S)C1(C(=O)NCc2nn[nH]n2)CCCCC1. The van der Waals surface area contributed by atoms with Crippen LogP contribution in [0.3, 0.4) is 0 Å². The second-order valence-electron chi connectivity index (χ2n) is 4.52. The zero-order chi connectivity index (χ0) is 13.0. The van der Waals surface area contributed by atoms with E-state index in [1.807, 2.05) is 0 Å². The lowest BCUT2D eigenvalue weighted by Gasteiger charge is -2.34. The van der Waals surface area contributed by atoms with E-state index in [-0.39, 0.29) is 17.4 Å². The Kier molecular flexibility index (Phi) is 3.85. The van der Waals surface area contributed by atoms with Crippen LogP contribution in [-0.2, 0) is 11.3 Å². The third kappa shape index (κ3) is 2.47. The largest absolute Gasteiger partial charge is 0.392 e. The Balaban J connectivity index is 2.02. The number of thiocarbonyl (C=S) groups is 1. The van der Waals surface area contributed by atoms with Gasteiger partial charge in [-0.3, -0.25) is 4.79 Å². The van der Waals surface area contributed by atoms with Crippen LogP contribution in [0, 0.1) is 5.41 Å². The molecule has 1 heterocycles. The van der Waals surface area contributed by atoms with Gasteiger partial charge in [-0.15, -0.1) is 10.2 Å². The number of hydrogen-bond donors (Lipinski definition) is 3. The molecular weight excluding hydrogens is 252 g/mol. The number of H-pyrrole nitrogens is 1. The molecule has 0 radical (unpaired) electrons. The predicted octanol–water partition coefficient (Wildman–Crippen LogP) is 0.0525. The predicted molar refractivity (Wildman–Crippen MR) is 68.3 cm³/mol. The quantitative estimate of drug-likeness (QED) is 0.666. The molecule has 0 aliphatic heterocycles. The van der Waals surface area contributed by atoms with Gasteiger partial charge < -0.3 is 11.1 Å². The minimum Gasteiger partial charge on any atom is -0.392 e. The number of aromatic amines is 1. The average molecular weight is 268 g/mol. The number of nitrogens with two attached hydrogens (primary N) is 1. The maximum absolute atomic E-state index is 12.3. The van der Waals surface area contributed by atoms with Crippen LogP contribution in [-0.4, -0.2) is 31.5 Å². The van der Waals surface area contributed by atoms with E-state index in [1.54, 1.807) is 0 Å². The molecule has 0 atom stereocenters. The molecule has 1 aromatic rings. The van der Waals surface area contributed by atoms with Crippen LogP contribution in [0.2, 0.25) is 0 Å². The molecule has 8 heteroatoms. The Bertz CT molecular complexity index is 426. The molecule has 7 nitrogen and oxygen atoms in total. The van der Waals surface area contributed by atoms with Crippen LogP contribution in [0.25, 0.3) is 0 Å². The zero-order valence-corrected chi connectivity index (χ0v) is 10.8. The Morgan fingerprint density at radius 1 is 1.44 bits per heavy atom. The first-order chi connectivity index (χ1) is 8.65. The summed E-state index contributed by atoms with van der Waals surface area (Å²) >= 11 is 5.09. The van der Waals surface area contributed by atoms with Crippen molar-refractivity contribution in [2.24, 2.45) is 11.1 Å². The first-order valence-corrected chi connectivity index (χ1v) is 6.36. The van der Waals surface area contributed by atoms with Gasteiger partial charge in [0.25, 0.3) is 0 Å². The molecule has 0 unspecified atom stereocenters. The maximum Gasteiger partial charge on any atom is 0.233 e. The van der Waals surface area contributed by atoms with Crippen molar-refractivity contribution in [1.82, 2.24) is 25.9 Å². The molecule has 0 spiro atoms. The van der Waals surface area contributed by atoms with E-state index in [1.165, 1.54) is 0 Å². The Labute approximate surface area is 110 Å². The number of tetrazole rings is 1. The number of nitrogens with zero attached hydrogens (tertiary/aromatic N) is 3. The smallest absolute Gasteiger partial charge is 0.233 e. The van der Waals surface area contributed by atoms with Crippen molar-refractivity contribution in [2.45, 2.75) is 38.6 Å². The Morgan fingerprint density at radius 2 is 2.17 bits per heavy atom. The van der Waals surface area contributed by atoms with Crippen molar-refractivity contribution in [2.75, 3.05) is 0 Å². The van der Waals surface area contributed by atoms with Gasteiger partial charge in [0.05, 0.1) is 16.9 Å². The standard InChI is InChI=1S/C10H16N6OS/c11-8(18)10(4-2-1-3-5-10)9(17)12-6-7-13-15-16-14-7/h1-6H2,(H2,11,18)(H,12,17)(H,13,14,15,16). The van der Waals surface area contributed by atoms with Crippen molar-refractivity contribution in [3.8, 4) is 0 Å². The summed E-state index contributed by atoms with van der Waals surface area (Å²) < 4.78 is 0. The number of carbonyl (C=O) groups excluding carboxylic acids is 1. The summed E-state index contributed by atoms with van der Waals surface area (Å²) in [5, 5.41) is 16.1. The van der Waals surface area contributed by atoms with E-state index in [0.29, 0.717) is 5.82 Å². The lowest BCUT2D eigenvalue weighted by Crippen LogP contribution is -2.49.